The van der Waals surface area contributed by atoms with Gasteiger partial charge in [0.2, 0.25) is 0 Å². The van der Waals surface area contributed by atoms with Gasteiger partial charge in [0.15, 0.2) is 0 Å². The zero-order valence-corrected chi connectivity index (χ0v) is 14.1. The highest BCUT2D eigenvalue weighted by Gasteiger charge is 2.10. The van der Waals surface area contributed by atoms with Crippen molar-refractivity contribution in [3.63, 3.8) is 0 Å². The Morgan fingerprint density at radius 1 is 1.17 bits per heavy atom. The minimum absolute atomic E-state index is 0.212. The van der Waals surface area contributed by atoms with Gasteiger partial charge in [-0.25, -0.2) is 9.97 Å². The summed E-state index contributed by atoms with van der Waals surface area (Å²) in [7, 11) is 3.17. The molecule has 1 amide bonds. The van der Waals surface area contributed by atoms with Gasteiger partial charge in [0.1, 0.15) is 29.3 Å². The molecule has 0 unspecified atom stereocenters. The van der Waals surface area contributed by atoms with Crippen molar-refractivity contribution in [3.05, 3.63) is 36.3 Å². The molecule has 0 spiro atoms. The van der Waals surface area contributed by atoms with E-state index in [0.717, 1.165) is 12.8 Å². The van der Waals surface area contributed by atoms with Gasteiger partial charge < -0.3 is 20.1 Å². The van der Waals surface area contributed by atoms with Gasteiger partial charge in [0.25, 0.3) is 5.91 Å². The summed E-state index contributed by atoms with van der Waals surface area (Å²) < 4.78 is 10.5. The molecule has 0 radical (unpaired) electrons. The first-order valence-corrected chi connectivity index (χ1v) is 7.77. The molecule has 0 atom stereocenters. The summed E-state index contributed by atoms with van der Waals surface area (Å²) in [5.74, 6) is 1.60. The molecule has 0 aliphatic carbocycles. The third-order valence-electron chi connectivity index (χ3n) is 3.39. The maximum Gasteiger partial charge on any atom is 0.270 e. The lowest BCUT2D eigenvalue weighted by Crippen LogP contribution is -2.25. The van der Waals surface area contributed by atoms with E-state index < -0.39 is 0 Å². The molecule has 2 N–H and O–H groups in total. The van der Waals surface area contributed by atoms with Gasteiger partial charge in [0.05, 0.1) is 19.9 Å². The fourth-order valence-corrected chi connectivity index (χ4v) is 2.06. The number of rotatable bonds is 8. The molecular formula is C17H22N4O3. The minimum atomic E-state index is -0.212. The van der Waals surface area contributed by atoms with Crippen LogP contribution in [0.1, 0.15) is 30.3 Å². The molecule has 0 bridgehead atoms. The summed E-state index contributed by atoms with van der Waals surface area (Å²) in [5.41, 5.74) is 1.03. The van der Waals surface area contributed by atoms with Gasteiger partial charge in [-0.15, -0.1) is 0 Å². The molecule has 7 nitrogen and oxygen atoms in total. The van der Waals surface area contributed by atoms with Crippen molar-refractivity contribution < 1.29 is 14.3 Å². The van der Waals surface area contributed by atoms with E-state index in [2.05, 4.69) is 27.5 Å². The number of ether oxygens (including phenoxy) is 2. The molecule has 7 heteroatoms. The van der Waals surface area contributed by atoms with E-state index in [1.54, 1.807) is 26.4 Å². The summed E-state index contributed by atoms with van der Waals surface area (Å²) in [5, 5.41) is 5.96. The van der Waals surface area contributed by atoms with Crippen LogP contribution in [0.15, 0.2) is 30.6 Å². The molecule has 0 fully saturated rings. The zero-order valence-electron chi connectivity index (χ0n) is 14.1. The first-order valence-electron chi connectivity index (χ1n) is 7.77. The van der Waals surface area contributed by atoms with Crippen LogP contribution in [0.2, 0.25) is 0 Å². The van der Waals surface area contributed by atoms with E-state index in [0.29, 0.717) is 35.2 Å². The Labute approximate surface area is 141 Å². The molecule has 2 rings (SSSR count). The van der Waals surface area contributed by atoms with Crippen molar-refractivity contribution in [2.24, 2.45) is 0 Å². The summed E-state index contributed by atoms with van der Waals surface area (Å²) in [6.07, 6.45) is 3.31. The number of nitrogens with zero attached hydrogens (tertiary/aromatic N) is 2. The minimum Gasteiger partial charge on any atom is -0.497 e. The standard InChI is InChI=1S/C17H22N4O3/c1-4-5-8-18-17(22)14-10-16(20-11-19-14)21-13-7-6-12(23-2)9-15(13)24-3/h6-7,9-11H,4-5,8H2,1-3H3,(H,18,22)(H,19,20,21). The topological polar surface area (TPSA) is 85.4 Å². The fourth-order valence-electron chi connectivity index (χ4n) is 2.06. The SMILES string of the molecule is CCCCNC(=O)c1cc(Nc2ccc(OC)cc2OC)ncn1. The lowest BCUT2D eigenvalue weighted by Gasteiger charge is -2.12. The van der Waals surface area contributed by atoms with Gasteiger partial charge in [-0.2, -0.15) is 0 Å². The molecular weight excluding hydrogens is 308 g/mol. The summed E-state index contributed by atoms with van der Waals surface area (Å²) >= 11 is 0. The second kappa shape index (κ2) is 8.71. The van der Waals surface area contributed by atoms with Gasteiger partial charge in [0, 0.05) is 18.7 Å². The van der Waals surface area contributed by atoms with Crippen molar-refractivity contribution in [3.8, 4) is 11.5 Å². The van der Waals surface area contributed by atoms with Crippen molar-refractivity contribution in [1.29, 1.82) is 0 Å². The third-order valence-corrected chi connectivity index (χ3v) is 3.39. The number of hydrogen-bond acceptors (Lipinski definition) is 6. The van der Waals surface area contributed by atoms with Crippen LogP contribution in [0.5, 0.6) is 11.5 Å². The van der Waals surface area contributed by atoms with Crippen molar-refractivity contribution >= 4 is 17.4 Å². The molecule has 1 heterocycles. The van der Waals surface area contributed by atoms with E-state index in [1.165, 1.54) is 6.33 Å². The normalized spacial score (nSPS) is 10.1. The molecule has 0 aliphatic rings. The van der Waals surface area contributed by atoms with Crippen LogP contribution in [0.3, 0.4) is 0 Å². The number of carbonyl (C=O) groups excluding carboxylic acids is 1. The van der Waals surface area contributed by atoms with Crippen LogP contribution in [0, 0.1) is 0 Å². The number of amides is 1. The number of methoxy groups -OCH3 is 2. The quantitative estimate of drug-likeness (QED) is 0.724. The van der Waals surface area contributed by atoms with Gasteiger partial charge in [-0.1, -0.05) is 13.3 Å². The predicted octanol–water partition coefficient (Wildman–Crippen LogP) is 2.77. The number of unbranched alkanes of at least 4 members (excludes halogenated alkanes) is 1. The number of aromatic nitrogens is 2. The molecule has 1 aromatic carbocycles. The average molecular weight is 330 g/mol. The maximum atomic E-state index is 12.1. The summed E-state index contributed by atoms with van der Waals surface area (Å²) in [6, 6.07) is 7.00. The van der Waals surface area contributed by atoms with Crippen LogP contribution < -0.4 is 20.1 Å². The third kappa shape index (κ3) is 4.58. The van der Waals surface area contributed by atoms with Gasteiger partial charge in [-0.05, 0) is 18.6 Å². The first kappa shape index (κ1) is 17.5. The highest BCUT2D eigenvalue weighted by Crippen LogP contribution is 2.30. The Balaban J connectivity index is 2.13. The molecule has 128 valence electrons. The number of hydrogen-bond donors (Lipinski definition) is 2. The summed E-state index contributed by atoms with van der Waals surface area (Å²) in [4.78, 5) is 20.2. The Kier molecular flexibility index (Phi) is 6.36. The smallest absolute Gasteiger partial charge is 0.270 e. The average Bonchev–Trinajstić information content (AvgIpc) is 2.62. The highest BCUT2D eigenvalue weighted by atomic mass is 16.5. The second-order valence-corrected chi connectivity index (χ2v) is 5.09. The first-order chi connectivity index (χ1) is 11.7. The largest absolute Gasteiger partial charge is 0.497 e. The van der Waals surface area contributed by atoms with Crippen LogP contribution in [-0.4, -0.2) is 36.6 Å². The van der Waals surface area contributed by atoms with E-state index >= 15 is 0 Å². The highest BCUT2D eigenvalue weighted by molar-refractivity contribution is 5.93. The van der Waals surface area contributed by atoms with Gasteiger partial charge >= 0.3 is 0 Å². The molecule has 2 aromatic rings. The number of anilines is 2. The van der Waals surface area contributed by atoms with Crippen LogP contribution in [0.25, 0.3) is 0 Å². The van der Waals surface area contributed by atoms with Crippen LogP contribution in [-0.2, 0) is 0 Å². The van der Waals surface area contributed by atoms with E-state index in [-0.39, 0.29) is 5.91 Å². The number of benzene rings is 1. The Morgan fingerprint density at radius 2 is 2.00 bits per heavy atom. The zero-order chi connectivity index (χ0) is 17.4. The second-order valence-electron chi connectivity index (χ2n) is 5.09. The number of carbonyl (C=O) groups is 1. The summed E-state index contributed by atoms with van der Waals surface area (Å²) in [6.45, 7) is 2.70. The van der Waals surface area contributed by atoms with E-state index in [4.69, 9.17) is 9.47 Å². The van der Waals surface area contributed by atoms with Crippen molar-refractivity contribution in [2.45, 2.75) is 19.8 Å². The monoisotopic (exact) mass is 330 g/mol. The Hall–Kier alpha value is -2.83. The Bertz CT molecular complexity index is 691. The predicted molar refractivity (Wildman–Crippen MR) is 92.1 cm³/mol. The maximum absolute atomic E-state index is 12.1. The molecule has 0 saturated heterocycles. The van der Waals surface area contributed by atoms with E-state index in [1.807, 2.05) is 12.1 Å². The molecule has 0 saturated carbocycles. The lowest BCUT2D eigenvalue weighted by molar-refractivity contribution is 0.0948. The molecule has 24 heavy (non-hydrogen) atoms. The van der Waals surface area contributed by atoms with E-state index in [9.17, 15) is 4.79 Å². The fraction of sp³-hybridized carbons (Fsp3) is 0.353. The van der Waals surface area contributed by atoms with Crippen molar-refractivity contribution in [2.75, 3.05) is 26.1 Å². The lowest BCUT2D eigenvalue weighted by atomic mass is 10.2. The molecule has 1 aromatic heterocycles. The van der Waals surface area contributed by atoms with Gasteiger partial charge in [-0.3, -0.25) is 4.79 Å². The van der Waals surface area contributed by atoms with Crippen LogP contribution >= 0.6 is 0 Å². The van der Waals surface area contributed by atoms with Crippen molar-refractivity contribution in [1.82, 2.24) is 15.3 Å². The van der Waals surface area contributed by atoms with Crippen LogP contribution in [0.4, 0.5) is 11.5 Å². The number of nitrogens with one attached hydrogen (secondary N) is 2. The Morgan fingerprint density at radius 3 is 2.71 bits per heavy atom. The molecule has 0 aliphatic heterocycles.